The second kappa shape index (κ2) is 8.63. The number of hydrogen-bond donors (Lipinski definition) is 2. The highest BCUT2D eigenvalue weighted by Crippen LogP contribution is 2.38. The van der Waals surface area contributed by atoms with E-state index in [4.69, 9.17) is 0 Å². The fraction of sp³-hybridized carbons (Fsp3) is 0.500. The first-order chi connectivity index (χ1) is 14.0. The maximum absolute atomic E-state index is 12.5. The molecule has 7 heteroatoms. The van der Waals surface area contributed by atoms with E-state index in [0.717, 1.165) is 43.4 Å². The molecule has 0 radical (unpaired) electrons. The van der Waals surface area contributed by atoms with Crippen molar-refractivity contribution in [1.29, 1.82) is 0 Å². The van der Waals surface area contributed by atoms with Crippen molar-refractivity contribution in [3.8, 4) is 0 Å². The van der Waals surface area contributed by atoms with Crippen LogP contribution in [0.2, 0.25) is 0 Å². The second-order valence-electron chi connectivity index (χ2n) is 8.44. The summed E-state index contributed by atoms with van der Waals surface area (Å²) in [6.45, 7) is 7.45. The molecular formula is C22H28N4O2S. The average Bonchev–Trinajstić information content (AvgIpc) is 3.29. The zero-order valence-corrected chi connectivity index (χ0v) is 17.8. The lowest BCUT2D eigenvalue weighted by atomic mass is 9.99. The van der Waals surface area contributed by atoms with Gasteiger partial charge in [-0.1, -0.05) is 13.8 Å². The molecule has 1 aromatic carbocycles. The van der Waals surface area contributed by atoms with Crippen LogP contribution in [0.5, 0.6) is 0 Å². The molecule has 2 aliphatic rings. The van der Waals surface area contributed by atoms with Crippen molar-refractivity contribution in [2.24, 2.45) is 17.8 Å². The minimum Gasteiger partial charge on any atom is -0.326 e. The van der Waals surface area contributed by atoms with E-state index in [9.17, 15) is 9.59 Å². The van der Waals surface area contributed by atoms with Gasteiger partial charge in [0.05, 0.1) is 5.69 Å². The highest BCUT2D eigenvalue weighted by atomic mass is 32.1. The molecule has 154 valence electrons. The smallest absolute Gasteiger partial charge is 0.257 e. The SMILES string of the molecule is CC1CCN(Cc2csc(NC(=O)c3ccc(NC(=O)C4CC4C)cc3)n2)CC1. The van der Waals surface area contributed by atoms with Crippen molar-refractivity contribution in [3.05, 3.63) is 40.9 Å². The van der Waals surface area contributed by atoms with Crippen LogP contribution in [-0.4, -0.2) is 34.8 Å². The second-order valence-corrected chi connectivity index (χ2v) is 9.30. The molecule has 0 bridgehead atoms. The Kier molecular flexibility index (Phi) is 5.96. The van der Waals surface area contributed by atoms with Gasteiger partial charge in [-0.2, -0.15) is 0 Å². The van der Waals surface area contributed by atoms with Crippen molar-refractivity contribution in [1.82, 2.24) is 9.88 Å². The van der Waals surface area contributed by atoms with E-state index in [0.29, 0.717) is 16.6 Å². The van der Waals surface area contributed by atoms with Crippen LogP contribution in [0, 0.1) is 17.8 Å². The summed E-state index contributed by atoms with van der Waals surface area (Å²) >= 11 is 1.46. The Morgan fingerprint density at radius 3 is 2.48 bits per heavy atom. The number of amides is 2. The van der Waals surface area contributed by atoms with E-state index in [-0.39, 0.29) is 17.7 Å². The van der Waals surface area contributed by atoms with E-state index < -0.39 is 0 Å². The summed E-state index contributed by atoms with van der Waals surface area (Å²) in [5.41, 5.74) is 2.27. The van der Waals surface area contributed by atoms with Crippen molar-refractivity contribution in [2.45, 2.75) is 39.7 Å². The van der Waals surface area contributed by atoms with Gasteiger partial charge in [0.25, 0.3) is 5.91 Å². The van der Waals surface area contributed by atoms with E-state index in [1.165, 1.54) is 24.2 Å². The Labute approximate surface area is 175 Å². The van der Waals surface area contributed by atoms with Crippen LogP contribution in [0.1, 0.15) is 49.2 Å². The number of hydrogen-bond acceptors (Lipinski definition) is 5. The van der Waals surface area contributed by atoms with Gasteiger partial charge >= 0.3 is 0 Å². The first-order valence-electron chi connectivity index (χ1n) is 10.4. The van der Waals surface area contributed by atoms with Gasteiger partial charge in [-0.15, -0.1) is 11.3 Å². The molecule has 2 heterocycles. The van der Waals surface area contributed by atoms with Gasteiger partial charge in [0, 0.05) is 29.1 Å². The van der Waals surface area contributed by atoms with Gasteiger partial charge in [-0.05, 0) is 68.5 Å². The molecule has 2 aromatic rings. The molecule has 1 aliphatic heterocycles. The van der Waals surface area contributed by atoms with Crippen LogP contribution < -0.4 is 10.6 Å². The molecule has 6 nitrogen and oxygen atoms in total. The molecule has 1 saturated carbocycles. The van der Waals surface area contributed by atoms with Crippen LogP contribution in [0.4, 0.5) is 10.8 Å². The number of nitrogens with zero attached hydrogens (tertiary/aromatic N) is 2. The maximum atomic E-state index is 12.5. The molecular weight excluding hydrogens is 384 g/mol. The van der Waals surface area contributed by atoms with Crippen LogP contribution in [-0.2, 0) is 11.3 Å². The molecule has 2 fully saturated rings. The van der Waals surface area contributed by atoms with E-state index in [1.807, 2.05) is 5.38 Å². The van der Waals surface area contributed by atoms with Gasteiger partial charge in [0.2, 0.25) is 5.91 Å². The number of carbonyl (C=O) groups excluding carboxylic acids is 2. The first kappa shape index (κ1) is 20.0. The van der Waals surface area contributed by atoms with Crippen LogP contribution >= 0.6 is 11.3 Å². The number of anilines is 2. The fourth-order valence-corrected chi connectivity index (χ4v) is 4.38. The molecule has 2 amide bonds. The van der Waals surface area contributed by atoms with E-state index in [1.54, 1.807) is 24.3 Å². The topological polar surface area (TPSA) is 74.3 Å². The van der Waals surface area contributed by atoms with Crippen LogP contribution in [0.15, 0.2) is 29.6 Å². The molecule has 0 spiro atoms. The number of carbonyl (C=O) groups is 2. The molecule has 2 N–H and O–H groups in total. The van der Waals surface area contributed by atoms with Gasteiger partial charge in [-0.3, -0.25) is 19.8 Å². The summed E-state index contributed by atoms with van der Waals surface area (Å²) in [4.78, 5) is 31.5. The van der Waals surface area contributed by atoms with Crippen LogP contribution in [0.25, 0.3) is 0 Å². The Morgan fingerprint density at radius 2 is 1.83 bits per heavy atom. The summed E-state index contributed by atoms with van der Waals surface area (Å²) in [6, 6.07) is 6.99. The lowest BCUT2D eigenvalue weighted by molar-refractivity contribution is -0.117. The monoisotopic (exact) mass is 412 g/mol. The fourth-order valence-electron chi connectivity index (χ4n) is 3.68. The van der Waals surface area contributed by atoms with Gasteiger partial charge in [-0.25, -0.2) is 4.98 Å². The minimum atomic E-state index is -0.189. The molecule has 2 atom stereocenters. The van der Waals surface area contributed by atoms with Crippen molar-refractivity contribution in [3.63, 3.8) is 0 Å². The summed E-state index contributed by atoms with van der Waals surface area (Å²) in [6.07, 6.45) is 3.44. The standard InChI is InChI=1S/C22H28N4O2S/c1-14-7-9-26(10-8-14)12-18-13-29-22(24-18)25-20(27)16-3-5-17(6-4-16)23-21(28)19-11-15(19)2/h3-6,13-15,19H,7-12H2,1-2H3,(H,23,28)(H,24,25,27). The third-order valence-electron chi connectivity index (χ3n) is 5.89. The van der Waals surface area contributed by atoms with Gasteiger partial charge < -0.3 is 5.32 Å². The summed E-state index contributed by atoms with van der Waals surface area (Å²) in [7, 11) is 0. The molecule has 2 unspecified atom stereocenters. The average molecular weight is 413 g/mol. The first-order valence-corrected chi connectivity index (χ1v) is 11.2. The van der Waals surface area contributed by atoms with Crippen LogP contribution in [0.3, 0.4) is 0 Å². The zero-order chi connectivity index (χ0) is 20.4. The molecule has 1 aliphatic carbocycles. The summed E-state index contributed by atoms with van der Waals surface area (Å²) in [5, 5.41) is 8.43. The zero-order valence-electron chi connectivity index (χ0n) is 17.0. The number of rotatable bonds is 6. The number of thiazole rings is 1. The van der Waals surface area contributed by atoms with E-state index >= 15 is 0 Å². The third-order valence-corrected chi connectivity index (χ3v) is 6.70. The number of nitrogens with one attached hydrogen (secondary N) is 2. The van der Waals surface area contributed by atoms with Crippen molar-refractivity contribution in [2.75, 3.05) is 23.7 Å². The Morgan fingerprint density at radius 1 is 1.14 bits per heavy atom. The number of benzene rings is 1. The lowest BCUT2D eigenvalue weighted by Crippen LogP contribution is -2.32. The normalized spacial score (nSPS) is 22.3. The van der Waals surface area contributed by atoms with E-state index in [2.05, 4.69) is 34.4 Å². The Hall–Kier alpha value is -2.25. The van der Waals surface area contributed by atoms with Crippen molar-refractivity contribution < 1.29 is 9.59 Å². The third kappa shape index (κ3) is 5.22. The Balaban J connectivity index is 1.29. The van der Waals surface area contributed by atoms with Gasteiger partial charge in [0.15, 0.2) is 5.13 Å². The predicted octanol–water partition coefficient (Wildman–Crippen LogP) is 4.22. The highest BCUT2D eigenvalue weighted by molar-refractivity contribution is 7.14. The van der Waals surface area contributed by atoms with Gasteiger partial charge in [0.1, 0.15) is 0 Å². The Bertz CT molecular complexity index is 871. The molecule has 29 heavy (non-hydrogen) atoms. The highest BCUT2D eigenvalue weighted by Gasteiger charge is 2.39. The maximum Gasteiger partial charge on any atom is 0.257 e. The number of piperidine rings is 1. The predicted molar refractivity (Wildman–Crippen MR) is 116 cm³/mol. The number of likely N-dealkylation sites (tertiary alicyclic amines) is 1. The molecule has 1 saturated heterocycles. The minimum absolute atomic E-state index is 0.0631. The molecule has 1 aromatic heterocycles. The summed E-state index contributed by atoms with van der Waals surface area (Å²) < 4.78 is 0. The quantitative estimate of drug-likeness (QED) is 0.745. The number of aromatic nitrogens is 1. The summed E-state index contributed by atoms with van der Waals surface area (Å²) in [5.74, 6) is 1.29. The lowest BCUT2D eigenvalue weighted by Gasteiger charge is -2.29. The largest absolute Gasteiger partial charge is 0.326 e. The molecule has 4 rings (SSSR count). The van der Waals surface area contributed by atoms with Crippen molar-refractivity contribution >= 4 is 34.0 Å².